The van der Waals surface area contributed by atoms with Crippen molar-refractivity contribution in [2.75, 3.05) is 20.3 Å². The van der Waals surface area contributed by atoms with Gasteiger partial charge in [-0.3, -0.25) is 14.5 Å². The van der Waals surface area contributed by atoms with Crippen LogP contribution in [0, 0.1) is 0 Å². The Labute approximate surface area is 193 Å². The Hall–Kier alpha value is -2.04. The van der Waals surface area contributed by atoms with Crippen molar-refractivity contribution in [2.45, 2.75) is 61.3 Å². The number of fused-ring (bicyclic) bond motifs is 1. The fourth-order valence-electron chi connectivity index (χ4n) is 4.50. The summed E-state index contributed by atoms with van der Waals surface area (Å²) in [5.74, 6) is -1.38. The molecule has 3 aliphatic heterocycles. The highest BCUT2D eigenvalue weighted by Gasteiger charge is 2.55. The molecule has 3 aliphatic rings. The summed E-state index contributed by atoms with van der Waals surface area (Å²) in [6.45, 7) is -1.39. The Morgan fingerprint density at radius 1 is 0.824 bits per heavy atom. The number of aliphatic hydroxyl groups excluding tert-OH is 6. The van der Waals surface area contributed by atoms with Crippen LogP contribution in [0.15, 0.2) is 24.3 Å². The van der Waals surface area contributed by atoms with Crippen molar-refractivity contribution in [3.63, 3.8) is 0 Å². The number of imide groups is 1. The Balaban J connectivity index is 1.63. The van der Waals surface area contributed by atoms with E-state index in [-0.39, 0.29) is 11.1 Å². The first-order valence-electron chi connectivity index (χ1n) is 10.6. The minimum absolute atomic E-state index is 0.130. The SMILES string of the molecule is COC1OC(CO)C(OC2OC(CO)C(O)C(O)C2O)C(O)C1N1C(=O)c2ccccc2C1=O. The molecular formula is C21H27NO12. The summed E-state index contributed by atoms with van der Waals surface area (Å²) >= 11 is 0. The van der Waals surface area contributed by atoms with Crippen molar-refractivity contribution in [2.24, 2.45) is 0 Å². The number of rotatable bonds is 6. The first kappa shape index (κ1) is 25.1. The van der Waals surface area contributed by atoms with Gasteiger partial charge < -0.3 is 49.6 Å². The molecule has 0 aromatic heterocycles. The normalized spacial score (nSPS) is 40.5. The van der Waals surface area contributed by atoms with Gasteiger partial charge in [0.2, 0.25) is 0 Å². The molecule has 0 bridgehead atoms. The van der Waals surface area contributed by atoms with Crippen LogP contribution in [0.1, 0.15) is 20.7 Å². The zero-order chi connectivity index (χ0) is 24.7. The monoisotopic (exact) mass is 485 g/mol. The molecule has 0 spiro atoms. The quantitative estimate of drug-likeness (QED) is 0.219. The molecule has 13 heteroatoms. The van der Waals surface area contributed by atoms with Gasteiger partial charge >= 0.3 is 0 Å². The molecule has 0 saturated carbocycles. The van der Waals surface area contributed by atoms with Gasteiger partial charge in [-0.05, 0) is 12.1 Å². The molecule has 0 radical (unpaired) electrons. The van der Waals surface area contributed by atoms with Crippen molar-refractivity contribution < 1.29 is 59.2 Å². The van der Waals surface area contributed by atoms with Gasteiger partial charge in [0, 0.05) is 7.11 Å². The average Bonchev–Trinajstić information content (AvgIpc) is 3.10. The molecular weight excluding hydrogens is 458 g/mol. The van der Waals surface area contributed by atoms with Crippen LogP contribution >= 0.6 is 0 Å². The third-order valence-corrected chi connectivity index (χ3v) is 6.32. The van der Waals surface area contributed by atoms with Crippen LogP contribution in [0.5, 0.6) is 0 Å². The molecule has 1 aromatic rings. The number of nitrogens with zero attached hydrogens (tertiary/aromatic N) is 1. The number of aliphatic hydroxyl groups is 6. The van der Waals surface area contributed by atoms with Crippen LogP contribution in [-0.4, -0.2) is 129 Å². The second-order valence-corrected chi connectivity index (χ2v) is 8.27. The lowest BCUT2D eigenvalue weighted by Gasteiger charge is -2.48. The van der Waals surface area contributed by atoms with Gasteiger partial charge in [0.1, 0.15) is 48.8 Å². The van der Waals surface area contributed by atoms with E-state index in [9.17, 15) is 40.2 Å². The van der Waals surface area contributed by atoms with Crippen molar-refractivity contribution in [1.82, 2.24) is 4.90 Å². The highest BCUT2D eigenvalue weighted by Crippen LogP contribution is 2.35. The van der Waals surface area contributed by atoms with Crippen LogP contribution in [0.4, 0.5) is 0 Å². The van der Waals surface area contributed by atoms with Gasteiger partial charge in [-0.15, -0.1) is 0 Å². The van der Waals surface area contributed by atoms with Gasteiger partial charge in [0.15, 0.2) is 12.6 Å². The van der Waals surface area contributed by atoms with Gasteiger partial charge in [0.25, 0.3) is 11.8 Å². The number of benzene rings is 1. The lowest BCUT2D eigenvalue weighted by Crippen LogP contribution is -2.68. The van der Waals surface area contributed by atoms with Crippen LogP contribution in [-0.2, 0) is 18.9 Å². The number of amides is 2. The molecule has 4 rings (SSSR count). The summed E-state index contributed by atoms with van der Waals surface area (Å²) in [5, 5.41) is 60.7. The summed E-state index contributed by atoms with van der Waals surface area (Å²) in [6.07, 6.45) is -13.9. The maximum Gasteiger partial charge on any atom is 0.262 e. The topological polar surface area (TPSA) is 196 Å². The summed E-state index contributed by atoms with van der Waals surface area (Å²) in [4.78, 5) is 26.8. The van der Waals surface area contributed by atoms with Crippen molar-refractivity contribution in [3.8, 4) is 0 Å². The molecule has 2 fully saturated rings. The molecule has 188 valence electrons. The molecule has 10 unspecified atom stereocenters. The van der Waals surface area contributed by atoms with Crippen molar-refractivity contribution in [3.05, 3.63) is 35.4 Å². The third-order valence-electron chi connectivity index (χ3n) is 6.32. The largest absolute Gasteiger partial charge is 0.394 e. The molecule has 6 N–H and O–H groups in total. The standard InChI is InChI=1S/C21H27NO12/c1-31-20-12(22-18(29)8-4-2-3-5-9(8)19(22)30)14(26)17(11(7-24)33-20)34-21-16(28)15(27)13(25)10(6-23)32-21/h2-5,10-17,20-21,23-28H,6-7H2,1H3. The number of carbonyl (C=O) groups excluding carboxylic acids is 2. The van der Waals surface area contributed by atoms with E-state index in [0.29, 0.717) is 0 Å². The minimum atomic E-state index is -1.79. The summed E-state index contributed by atoms with van der Waals surface area (Å²) < 4.78 is 21.9. The van der Waals surface area contributed by atoms with Gasteiger partial charge in [0.05, 0.1) is 24.3 Å². The van der Waals surface area contributed by atoms with Gasteiger partial charge in [-0.2, -0.15) is 0 Å². The Bertz CT molecular complexity index is 876. The molecule has 2 amide bonds. The molecule has 0 aliphatic carbocycles. The first-order chi connectivity index (χ1) is 16.2. The minimum Gasteiger partial charge on any atom is -0.394 e. The number of hydrogen-bond donors (Lipinski definition) is 6. The highest BCUT2D eigenvalue weighted by atomic mass is 16.7. The maximum atomic E-state index is 13.0. The Kier molecular flexibility index (Phi) is 7.30. The Morgan fingerprint density at radius 2 is 1.38 bits per heavy atom. The van der Waals surface area contributed by atoms with Crippen LogP contribution in [0.3, 0.4) is 0 Å². The van der Waals surface area contributed by atoms with Crippen LogP contribution in [0.2, 0.25) is 0 Å². The molecule has 3 heterocycles. The second kappa shape index (κ2) is 9.91. The fourth-order valence-corrected chi connectivity index (χ4v) is 4.50. The zero-order valence-electron chi connectivity index (χ0n) is 18.1. The molecule has 2 saturated heterocycles. The fraction of sp³-hybridized carbons (Fsp3) is 0.619. The number of hydrogen-bond acceptors (Lipinski definition) is 12. The summed E-state index contributed by atoms with van der Waals surface area (Å²) in [5.41, 5.74) is 0.260. The molecule has 1 aromatic carbocycles. The molecule has 13 nitrogen and oxygen atoms in total. The van der Waals surface area contributed by atoms with Gasteiger partial charge in [-0.1, -0.05) is 12.1 Å². The van der Waals surface area contributed by atoms with Crippen LogP contribution < -0.4 is 0 Å². The number of methoxy groups -OCH3 is 1. The zero-order valence-corrected chi connectivity index (χ0v) is 18.1. The first-order valence-corrected chi connectivity index (χ1v) is 10.6. The van der Waals surface area contributed by atoms with E-state index in [0.717, 1.165) is 4.90 Å². The molecule has 34 heavy (non-hydrogen) atoms. The van der Waals surface area contributed by atoms with E-state index in [2.05, 4.69) is 0 Å². The Morgan fingerprint density at radius 3 is 1.91 bits per heavy atom. The summed E-state index contributed by atoms with van der Waals surface area (Å²) in [6, 6.07) is 4.69. The predicted octanol–water partition coefficient (Wildman–Crippen LogP) is -3.44. The maximum absolute atomic E-state index is 13.0. The van der Waals surface area contributed by atoms with E-state index in [1.54, 1.807) is 12.1 Å². The van der Waals surface area contributed by atoms with Crippen molar-refractivity contribution >= 4 is 11.8 Å². The summed E-state index contributed by atoms with van der Waals surface area (Å²) in [7, 11) is 1.23. The van der Waals surface area contributed by atoms with E-state index in [1.165, 1.54) is 19.2 Å². The average molecular weight is 485 g/mol. The van der Waals surface area contributed by atoms with Crippen LogP contribution in [0.25, 0.3) is 0 Å². The second-order valence-electron chi connectivity index (χ2n) is 8.27. The third kappa shape index (κ3) is 4.03. The van der Waals surface area contributed by atoms with E-state index < -0.39 is 86.4 Å². The smallest absolute Gasteiger partial charge is 0.262 e. The van der Waals surface area contributed by atoms with Gasteiger partial charge in [-0.25, -0.2) is 0 Å². The molecule has 10 atom stereocenters. The number of ether oxygens (including phenoxy) is 4. The van der Waals surface area contributed by atoms with E-state index >= 15 is 0 Å². The van der Waals surface area contributed by atoms with Crippen molar-refractivity contribution in [1.29, 1.82) is 0 Å². The van der Waals surface area contributed by atoms with E-state index in [4.69, 9.17) is 18.9 Å². The lowest BCUT2D eigenvalue weighted by molar-refractivity contribution is -0.349. The highest BCUT2D eigenvalue weighted by molar-refractivity contribution is 6.21. The lowest BCUT2D eigenvalue weighted by atomic mass is 9.94. The van der Waals surface area contributed by atoms with E-state index in [1.807, 2.05) is 0 Å². The number of carbonyl (C=O) groups is 2. The predicted molar refractivity (Wildman–Crippen MR) is 108 cm³/mol.